The Hall–Kier alpha value is -1.60. The first-order chi connectivity index (χ1) is 9.25. The van der Waals surface area contributed by atoms with Crippen LogP contribution in [0.25, 0.3) is 10.9 Å². The lowest BCUT2D eigenvalue weighted by molar-refractivity contribution is -0.137. The molecule has 1 atom stereocenters. The van der Waals surface area contributed by atoms with E-state index in [0.29, 0.717) is 0 Å². The third-order valence-electron chi connectivity index (χ3n) is 2.99. The largest absolute Gasteiger partial charge is 0.416 e. The highest BCUT2D eigenvalue weighted by molar-refractivity contribution is 6.28. The Morgan fingerprint density at radius 2 is 2.05 bits per heavy atom. The van der Waals surface area contributed by atoms with Crippen LogP contribution in [0.1, 0.15) is 18.7 Å². The summed E-state index contributed by atoms with van der Waals surface area (Å²) >= 11 is 5.88. The normalized spacial score (nSPS) is 13.7. The van der Waals surface area contributed by atoms with E-state index in [-0.39, 0.29) is 16.2 Å². The Kier molecular flexibility index (Phi) is 3.75. The van der Waals surface area contributed by atoms with E-state index < -0.39 is 23.5 Å². The molecule has 0 amide bonds. The van der Waals surface area contributed by atoms with E-state index in [1.54, 1.807) is 14.0 Å². The number of aromatic nitrogens is 2. The van der Waals surface area contributed by atoms with Gasteiger partial charge in [0.15, 0.2) is 0 Å². The zero-order chi connectivity index (χ0) is 15.1. The number of fused-ring (bicyclic) bond motifs is 1. The van der Waals surface area contributed by atoms with Crippen LogP contribution in [-0.4, -0.2) is 16.6 Å². The van der Waals surface area contributed by atoms with E-state index in [1.165, 1.54) is 4.57 Å². The maximum atomic E-state index is 12.6. The summed E-state index contributed by atoms with van der Waals surface area (Å²) in [5.74, 6) is 0. The van der Waals surface area contributed by atoms with E-state index in [4.69, 9.17) is 11.6 Å². The number of rotatable bonds is 2. The molecule has 0 bridgehead atoms. The van der Waals surface area contributed by atoms with Gasteiger partial charge in [-0.15, -0.1) is 0 Å². The second kappa shape index (κ2) is 5.06. The van der Waals surface area contributed by atoms with Gasteiger partial charge in [-0.2, -0.15) is 13.2 Å². The van der Waals surface area contributed by atoms with Gasteiger partial charge in [0.1, 0.15) is 0 Å². The van der Waals surface area contributed by atoms with Gasteiger partial charge in [-0.05, 0) is 43.8 Å². The molecule has 0 fully saturated rings. The Labute approximate surface area is 117 Å². The van der Waals surface area contributed by atoms with Crippen LogP contribution >= 0.6 is 11.6 Å². The van der Waals surface area contributed by atoms with Crippen molar-refractivity contribution < 1.29 is 13.2 Å². The van der Waals surface area contributed by atoms with E-state index in [9.17, 15) is 18.0 Å². The summed E-state index contributed by atoms with van der Waals surface area (Å²) in [5, 5.41) is 2.75. The highest BCUT2D eigenvalue weighted by Gasteiger charge is 2.31. The molecule has 1 N–H and O–H groups in total. The summed E-state index contributed by atoms with van der Waals surface area (Å²) in [6.45, 7) is 1.69. The summed E-state index contributed by atoms with van der Waals surface area (Å²) in [4.78, 5) is 16.1. The maximum Gasteiger partial charge on any atom is 0.416 e. The van der Waals surface area contributed by atoms with Gasteiger partial charge in [-0.3, -0.25) is 9.36 Å². The molecule has 4 nitrogen and oxygen atoms in total. The maximum absolute atomic E-state index is 12.6. The Bertz CT molecular complexity index is 711. The Balaban J connectivity index is 2.74. The summed E-state index contributed by atoms with van der Waals surface area (Å²) in [5.41, 5.74) is -1.43. The number of alkyl halides is 3. The van der Waals surface area contributed by atoms with Crippen molar-refractivity contribution in [2.45, 2.75) is 19.3 Å². The van der Waals surface area contributed by atoms with Crippen molar-refractivity contribution in [1.29, 1.82) is 0 Å². The molecule has 0 aliphatic carbocycles. The highest BCUT2D eigenvalue weighted by Crippen LogP contribution is 2.30. The van der Waals surface area contributed by atoms with Crippen LogP contribution in [0, 0.1) is 0 Å². The molecule has 2 rings (SSSR count). The zero-order valence-corrected chi connectivity index (χ0v) is 11.4. The molecular formula is C12H11ClF3N3O. The van der Waals surface area contributed by atoms with Crippen LogP contribution < -0.4 is 10.9 Å². The van der Waals surface area contributed by atoms with Gasteiger partial charge in [0.05, 0.1) is 22.6 Å². The first kappa shape index (κ1) is 14.8. The summed E-state index contributed by atoms with van der Waals surface area (Å²) in [7, 11) is 1.63. The molecule has 108 valence electrons. The van der Waals surface area contributed by atoms with Gasteiger partial charge >= 0.3 is 6.18 Å². The van der Waals surface area contributed by atoms with Crippen LogP contribution in [0.4, 0.5) is 13.2 Å². The lowest BCUT2D eigenvalue weighted by Crippen LogP contribution is -2.31. The molecule has 8 heteroatoms. The minimum absolute atomic E-state index is 0.0746. The monoisotopic (exact) mass is 305 g/mol. The van der Waals surface area contributed by atoms with Crippen molar-refractivity contribution in [2.75, 3.05) is 7.05 Å². The molecule has 0 aliphatic rings. The number of hydrogen-bond acceptors (Lipinski definition) is 3. The average molecular weight is 306 g/mol. The Morgan fingerprint density at radius 1 is 1.40 bits per heavy atom. The van der Waals surface area contributed by atoms with Crippen LogP contribution in [0.15, 0.2) is 23.0 Å². The quantitative estimate of drug-likeness (QED) is 0.868. The molecule has 1 unspecified atom stereocenters. The van der Waals surface area contributed by atoms with E-state index in [1.807, 2.05) is 0 Å². The van der Waals surface area contributed by atoms with Crippen LogP contribution in [-0.2, 0) is 6.18 Å². The fourth-order valence-electron chi connectivity index (χ4n) is 1.81. The lowest BCUT2D eigenvalue weighted by Gasteiger charge is -2.16. The smallest absolute Gasteiger partial charge is 0.300 e. The molecule has 1 heterocycles. The third-order valence-corrected chi connectivity index (χ3v) is 3.26. The molecule has 0 saturated heterocycles. The molecule has 1 aromatic heterocycles. The fraction of sp³-hybridized carbons (Fsp3) is 0.333. The minimum atomic E-state index is -4.49. The number of benzene rings is 1. The second-order valence-electron chi connectivity index (χ2n) is 4.25. The average Bonchev–Trinajstić information content (AvgIpc) is 2.36. The third kappa shape index (κ3) is 2.51. The zero-order valence-electron chi connectivity index (χ0n) is 10.6. The molecule has 0 radical (unpaired) electrons. The fourth-order valence-corrected chi connectivity index (χ4v) is 2.13. The predicted molar refractivity (Wildman–Crippen MR) is 69.8 cm³/mol. The van der Waals surface area contributed by atoms with Crippen LogP contribution in [0.2, 0.25) is 5.28 Å². The van der Waals surface area contributed by atoms with Gasteiger partial charge in [0.25, 0.3) is 5.56 Å². The molecule has 0 saturated carbocycles. The van der Waals surface area contributed by atoms with Crippen molar-refractivity contribution in [3.63, 3.8) is 0 Å². The Morgan fingerprint density at radius 3 is 2.60 bits per heavy atom. The minimum Gasteiger partial charge on any atom is -0.300 e. The second-order valence-corrected chi connectivity index (χ2v) is 4.59. The summed E-state index contributed by atoms with van der Waals surface area (Å²) in [6.07, 6.45) is -4.91. The molecule has 1 aromatic carbocycles. The molecular weight excluding hydrogens is 295 g/mol. The van der Waals surface area contributed by atoms with Crippen LogP contribution in [0.3, 0.4) is 0 Å². The predicted octanol–water partition coefficient (Wildman–Crippen LogP) is 2.81. The van der Waals surface area contributed by atoms with Crippen molar-refractivity contribution in [2.24, 2.45) is 0 Å². The van der Waals surface area contributed by atoms with Gasteiger partial charge in [-0.1, -0.05) is 0 Å². The van der Waals surface area contributed by atoms with Crippen molar-refractivity contribution in [1.82, 2.24) is 14.9 Å². The van der Waals surface area contributed by atoms with Gasteiger partial charge < -0.3 is 5.32 Å². The molecule has 2 aromatic rings. The van der Waals surface area contributed by atoms with E-state index in [2.05, 4.69) is 10.3 Å². The molecule has 0 spiro atoms. The van der Waals surface area contributed by atoms with E-state index >= 15 is 0 Å². The molecule has 0 aliphatic heterocycles. The first-order valence-electron chi connectivity index (χ1n) is 5.72. The van der Waals surface area contributed by atoms with Crippen molar-refractivity contribution in [3.05, 3.63) is 39.4 Å². The standard InChI is InChI=1S/C12H11ClF3N3O/c1-6(17-2)19-10(20)8-4-3-7(12(14,15)16)5-9(8)18-11(19)13/h3-6,17H,1-2H3. The highest BCUT2D eigenvalue weighted by atomic mass is 35.5. The topological polar surface area (TPSA) is 46.9 Å². The molecule has 20 heavy (non-hydrogen) atoms. The van der Waals surface area contributed by atoms with Gasteiger partial charge in [-0.25, -0.2) is 4.98 Å². The summed E-state index contributed by atoms with van der Waals surface area (Å²) < 4.78 is 39.1. The number of nitrogens with one attached hydrogen (secondary N) is 1. The van der Waals surface area contributed by atoms with Crippen LogP contribution in [0.5, 0.6) is 0 Å². The van der Waals surface area contributed by atoms with Gasteiger partial charge in [0, 0.05) is 0 Å². The first-order valence-corrected chi connectivity index (χ1v) is 6.09. The van der Waals surface area contributed by atoms with Crippen molar-refractivity contribution >= 4 is 22.5 Å². The van der Waals surface area contributed by atoms with Gasteiger partial charge in [0.2, 0.25) is 5.28 Å². The SMILES string of the molecule is CNC(C)n1c(Cl)nc2cc(C(F)(F)F)ccc2c1=O. The number of nitrogens with zero attached hydrogens (tertiary/aromatic N) is 2. The number of hydrogen-bond donors (Lipinski definition) is 1. The summed E-state index contributed by atoms with van der Waals surface area (Å²) in [6, 6.07) is 2.79. The van der Waals surface area contributed by atoms with Crippen molar-refractivity contribution in [3.8, 4) is 0 Å². The lowest BCUT2D eigenvalue weighted by atomic mass is 10.1. The van der Waals surface area contributed by atoms with E-state index in [0.717, 1.165) is 18.2 Å². The number of halogens is 4.